The van der Waals surface area contributed by atoms with Gasteiger partial charge in [0.15, 0.2) is 0 Å². The normalized spacial score (nSPS) is 15.8. The summed E-state index contributed by atoms with van der Waals surface area (Å²) in [6.07, 6.45) is 1.50. The van der Waals surface area contributed by atoms with Gasteiger partial charge in [-0.1, -0.05) is 13.8 Å². The molecule has 0 saturated heterocycles. The highest BCUT2D eigenvalue weighted by Gasteiger charge is 2.30. The van der Waals surface area contributed by atoms with E-state index >= 15 is 0 Å². The van der Waals surface area contributed by atoms with Gasteiger partial charge in [0.25, 0.3) is 11.8 Å². The standard InChI is InChI=1S/C30H40F2N2O5/c1-4-9-34(10-5-2)30(38)22-12-19(3)11-21(16-22)29(37)33-26(15-20-13-23(31)17-24(32)14-20)28(36)27(35)18-39-25-7-6-8-25/h11-14,16-17,25-28,35-36H,4-10,15,18H2,1-3H3,(H,33,37)/t26-,27?,28+/m0/s1. The molecule has 2 aromatic carbocycles. The molecule has 214 valence electrons. The Balaban J connectivity index is 1.83. The third-order valence-electron chi connectivity index (χ3n) is 6.92. The number of rotatable bonds is 14. The third kappa shape index (κ3) is 8.81. The molecule has 0 bridgehead atoms. The number of nitrogens with zero attached hydrogens (tertiary/aromatic N) is 1. The molecule has 1 unspecified atom stereocenters. The summed E-state index contributed by atoms with van der Waals surface area (Å²) in [5, 5.41) is 24.3. The number of amides is 2. The molecule has 1 aliphatic carbocycles. The highest BCUT2D eigenvalue weighted by Crippen LogP contribution is 2.23. The van der Waals surface area contributed by atoms with Gasteiger partial charge in [0.1, 0.15) is 23.8 Å². The molecule has 0 heterocycles. The molecule has 1 aliphatic rings. The van der Waals surface area contributed by atoms with Crippen LogP contribution in [0.5, 0.6) is 0 Å². The summed E-state index contributed by atoms with van der Waals surface area (Å²) in [5.74, 6) is -2.34. The first-order valence-corrected chi connectivity index (χ1v) is 13.8. The fraction of sp³-hybridized carbons (Fsp3) is 0.533. The van der Waals surface area contributed by atoms with Crippen molar-refractivity contribution < 1.29 is 33.3 Å². The maximum Gasteiger partial charge on any atom is 0.253 e. The van der Waals surface area contributed by atoms with Crippen LogP contribution in [0.3, 0.4) is 0 Å². The Morgan fingerprint density at radius 3 is 2.18 bits per heavy atom. The Labute approximate surface area is 229 Å². The Bertz CT molecular complexity index is 1100. The number of benzene rings is 2. The molecule has 3 rings (SSSR count). The van der Waals surface area contributed by atoms with E-state index in [2.05, 4.69) is 5.32 Å². The van der Waals surface area contributed by atoms with Gasteiger partial charge in [-0.3, -0.25) is 9.59 Å². The topological polar surface area (TPSA) is 99.1 Å². The summed E-state index contributed by atoms with van der Waals surface area (Å²) in [6, 6.07) is 6.73. The summed E-state index contributed by atoms with van der Waals surface area (Å²) in [7, 11) is 0. The summed E-state index contributed by atoms with van der Waals surface area (Å²) in [6.45, 7) is 6.83. The van der Waals surface area contributed by atoms with Crippen LogP contribution in [0.25, 0.3) is 0 Å². The molecule has 3 atom stereocenters. The Kier molecular flexibility index (Phi) is 11.4. The van der Waals surface area contributed by atoms with Crippen LogP contribution in [-0.2, 0) is 11.2 Å². The lowest BCUT2D eigenvalue weighted by atomic mass is 9.95. The highest BCUT2D eigenvalue weighted by molar-refractivity contribution is 6.00. The van der Waals surface area contributed by atoms with Gasteiger partial charge in [0.05, 0.1) is 18.8 Å². The minimum absolute atomic E-state index is 0.0282. The van der Waals surface area contributed by atoms with Crippen LogP contribution in [0.15, 0.2) is 36.4 Å². The second kappa shape index (κ2) is 14.5. The van der Waals surface area contributed by atoms with Crippen molar-refractivity contribution in [2.24, 2.45) is 0 Å². The van der Waals surface area contributed by atoms with Gasteiger partial charge in [0, 0.05) is 30.3 Å². The van der Waals surface area contributed by atoms with E-state index in [1.807, 2.05) is 13.8 Å². The molecule has 0 spiro atoms. The molecule has 1 saturated carbocycles. The maximum atomic E-state index is 13.9. The van der Waals surface area contributed by atoms with Gasteiger partial charge in [-0.15, -0.1) is 0 Å². The van der Waals surface area contributed by atoms with E-state index in [1.54, 1.807) is 24.0 Å². The fourth-order valence-corrected chi connectivity index (χ4v) is 4.71. The van der Waals surface area contributed by atoms with Crippen LogP contribution in [-0.4, -0.2) is 71.0 Å². The van der Waals surface area contributed by atoms with Crippen molar-refractivity contribution in [3.05, 3.63) is 70.3 Å². The zero-order valence-corrected chi connectivity index (χ0v) is 23.0. The molecule has 1 fully saturated rings. The van der Waals surface area contributed by atoms with Gasteiger partial charge in [-0.05, 0) is 86.9 Å². The van der Waals surface area contributed by atoms with Crippen molar-refractivity contribution in [1.29, 1.82) is 0 Å². The SMILES string of the molecule is CCCN(CCC)C(=O)c1cc(C)cc(C(=O)N[C@@H](Cc2cc(F)cc(F)c2)[C@@H](O)C(O)COC2CCC2)c1. The summed E-state index contributed by atoms with van der Waals surface area (Å²) < 4.78 is 33.4. The smallest absolute Gasteiger partial charge is 0.253 e. The zero-order chi connectivity index (χ0) is 28.5. The van der Waals surface area contributed by atoms with Crippen LogP contribution < -0.4 is 5.32 Å². The number of aliphatic hydroxyl groups excluding tert-OH is 2. The first-order valence-electron chi connectivity index (χ1n) is 13.8. The van der Waals surface area contributed by atoms with Gasteiger partial charge >= 0.3 is 0 Å². The Morgan fingerprint density at radius 2 is 1.62 bits per heavy atom. The Hall–Kier alpha value is -2.88. The monoisotopic (exact) mass is 546 g/mol. The second-order valence-electron chi connectivity index (χ2n) is 10.4. The van der Waals surface area contributed by atoms with Crippen LogP contribution in [0.1, 0.15) is 77.8 Å². The minimum Gasteiger partial charge on any atom is -0.388 e. The highest BCUT2D eigenvalue weighted by atomic mass is 19.1. The number of carbonyl (C=O) groups excluding carboxylic acids is 2. The number of hydrogen-bond donors (Lipinski definition) is 3. The van der Waals surface area contributed by atoms with Crippen LogP contribution in [0.4, 0.5) is 8.78 Å². The van der Waals surface area contributed by atoms with Crippen LogP contribution in [0, 0.1) is 18.6 Å². The van der Waals surface area contributed by atoms with E-state index in [9.17, 15) is 28.6 Å². The molecule has 3 N–H and O–H groups in total. The predicted molar refractivity (Wildman–Crippen MR) is 145 cm³/mol. The molecular weight excluding hydrogens is 506 g/mol. The molecule has 0 aliphatic heterocycles. The van der Waals surface area contributed by atoms with Crippen LogP contribution in [0.2, 0.25) is 0 Å². The van der Waals surface area contributed by atoms with E-state index in [4.69, 9.17) is 4.74 Å². The molecule has 0 aromatic heterocycles. The number of carbonyl (C=O) groups is 2. The van der Waals surface area contributed by atoms with Crippen LogP contribution >= 0.6 is 0 Å². The molecule has 0 radical (unpaired) electrons. The lowest BCUT2D eigenvalue weighted by molar-refractivity contribution is -0.0860. The first-order chi connectivity index (χ1) is 18.6. The quantitative estimate of drug-likeness (QED) is 0.331. The van der Waals surface area contributed by atoms with E-state index in [1.165, 1.54) is 6.07 Å². The van der Waals surface area contributed by atoms with E-state index in [0.29, 0.717) is 24.2 Å². The van der Waals surface area contributed by atoms with E-state index < -0.39 is 35.8 Å². The van der Waals surface area contributed by atoms with Crippen molar-refractivity contribution in [3.63, 3.8) is 0 Å². The van der Waals surface area contributed by atoms with Gasteiger partial charge in [0.2, 0.25) is 0 Å². The predicted octanol–water partition coefficient (Wildman–Crippen LogP) is 4.17. The summed E-state index contributed by atoms with van der Waals surface area (Å²) >= 11 is 0. The maximum absolute atomic E-state index is 13.9. The van der Waals surface area contributed by atoms with Gasteiger partial charge < -0.3 is 25.2 Å². The zero-order valence-electron chi connectivity index (χ0n) is 23.0. The molecule has 2 amide bonds. The van der Waals surface area contributed by atoms with Crippen molar-refractivity contribution in [2.75, 3.05) is 19.7 Å². The number of aliphatic hydroxyl groups is 2. The first kappa shape index (κ1) is 30.7. The number of halogens is 2. The third-order valence-corrected chi connectivity index (χ3v) is 6.92. The van der Waals surface area contributed by atoms with Gasteiger partial charge in [-0.25, -0.2) is 8.78 Å². The van der Waals surface area contributed by atoms with Crippen molar-refractivity contribution in [3.8, 4) is 0 Å². The molecule has 39 heavy (non-hydrogen) atoms. The number of aryl methyl sites for hydroxylation is 1. The number of nitrogens with one attached hydrogen (secondary N) is 1. The van der Waals surface area contributed by atoms with Crippen molar-refractivity contribution in [1.82, 2.24) is 10.2 Å². The van der Waals surface area contributed by atoms with Gasteiger partial charge in [-0.2, -0.15) is 0 Å². The van der Waals surface area contributed by atoms with E-state index in [0.717, 1.165) is 50.3 Å². The minimum atomic E-state index is -1.48. The lowest BCUT2D eigenvalue weighted by Gasteiger charge is -2.31. The van der Waals surface area contributed by atoms with Crippen molar-refractivity contribution >= 4 is 11.8 Å². The molecule has 9 heteroatoms. The van der Waals surface area contributed by atoms with E-state index in [-0.39, 0.29) is 36.2 Å². The molecule has 7 nitrogen and oxygen atoms in total. The molecule has 2 aromatic rings. The average Bonchev–Trinajstić information content (AvgIpc) is 2.85. The summed E-state index contributed by atoms with van der Waals surface area (Å²) in [4.78, 5) is 28.3. The second-order valence-corrected chi connectivity index (χ2v) is 10.4. The number of ether oxygens (including phenoxy) is 1. The molecular formula is C30H40F2N2O5. The average molecular weight is 547 g/mol. The number of hydrogen-bond acceptors (Lipinski definition) is 5. The fourth-order valence-electron chi connectivity index (χ4n) is 4.71. The Morgan fingerprint density at radius 1 is 1.00 bits per heavy atom. The van der Waals surface area contributed by atoms with Crippen molar-refractivity contribution in [2.45, 2.75) is 83.6 Å². The largest absolute Gasteiger partial charge is 0.388 e. The summed E-state index contributed by atoms with van der Waals surface area (Å²) in [5.41, 5.74) is 1.49. The lowest BCUT2D eigenvalue weighted by Crippen LogP contribution is -2.51.